The zero-order valence-corrected chi connectivity index (χ0v) is 9.93. The third-order valence-corrected chi connectivity index (χ3v) is 2.73. The van der Waals surface area contributed by atoms with Gasteiger partial charge in [0.1, 0.15) is 12.4 Å². The molecule has 102 valence electrons. The van der Waals surface area contributed by atoms with Crippen molar-refractivity contribution in [3.63, 3.8) is 0 Å². The van der Waals surface area contributed by atoms with Gasteiger partial charge in [0.25, 0.3) is 0 Å². The number of carboxylic acids is 1. The maximum atomic E-state index is 10.8. The number of morpholine rings is 1. The predicted molar refractivity (Wildman–Crippen MR) is 62.9 cm³/mol. The number of nitro groups is 1. The van der Waals surface area contributed by atoms with Gasteiger partial charge >= 0.3 is 11.7 Å². The van der Waals surface area contributed by atoms with Crippen LogP contribution in [0.1, 0.15) is 6.42 Å². The summed E-state index contributed by atoms with van der Waals surface area (Å²) in [4.78, 5) is 30.2. The standard InChI is InChI=1S/C10H12N4O5/c15-9(16)3-7-6-19-2-1-13(7)10-11-4-8(5-12-10)14(17)18/h4-5,7H,1-3,6H2,(H,15,16). The minimum absolute atomic E-state index is 0.0969. The smallest absolute Gasteiger partial charge is 0.305 e. The predicted octanol–water partition coefficient (Wildman–Crippen LogP) is 0.0647. The molecule has 9 nitrogen and oxygen atoms in total. The SMILES string of the molecule is O=C(O)CC1COCCN1c1ncc([N+](=O)[O-])cn1. The summed E-state index contributed by atoms with van der Waals surface area (Å²) in [7, 11) is 0. The Morgan fingerprint density at radius 3 is 2.84 bits per heavy atom. The number of hydrogen-bond acceptors (Lipinski definition) is 7. The molecule has 0 spiro atoms. The molecule has 0 amide bonds. The molecule has 0 aliphatic carbocycles. The van der Waals surface area contributed by atoms with E-state index in [0.29, 0.717) is 13.2 Å². The molecule has 1 saturated heterocycles. The maximum absolute atomic E-state index is 10.8. The summed E-state index contributed by atoms with van der Waals surface area (Å²) < 4.78 is 5.23. The molecular weight excluding hydrogens is 256 g/mol. The van der Waals surface area contributed by atoms with E-state index in [2.05, 4.69) is 9.97 Å². The normalized spacial score (nSPS) is 19.2. The molecule has 0 saturated carbocycles. The number of aliphatic carboxylic acids is 1. The van der Waals surface area contributed by atoms with Gasteiger partial charge in [-0.1, -0.05) is 0 Å². The molecule has 1 aliphatic rings. The zero-order chi connectivity index (χ0) is 13.8. The molecule has 1 aliphatic heterocycles. The zero-order valence-electron chi connectivity index (χ0n) is 9.93. The van der Waals surface area contributed by atoms with Gasteiger partial charge in [0.2, 0.25) is 5.95 Å². The van der Waals surface area contributed by atoms with Gasteiger partial charge in [0.05, 0.1) is 30.6 Å². The van der Waals surface area contributed by atoms with Crippen molar-refractivity contribution in [2.24, 2.45) is 0 Å². The Kier molecular flexibility index (Phi) is 3.85. The second kappa shape index (κ2) is 5.57. The highest BCUT2D eigenvalue weighted by Crippen LogP contribution is 2.18. The molecular formula is C10H12N4O5. The summed E-state index contributed by atoms with van der Waals surface area (Å²) in [6.07, 6.45) is 2.12. The van der Waals surface area contributed by atoms with Crippen LogP contribution in [0.25, 0.3) is 0 Å². The molecule has 0 bridgehead atoms. The molecule has 0 aromatic carbocycles. The van der Waals surface area contributed by atoms with E-state index in [4.69, 9.17) is 9.84 Å². The van der Waals surface area contributed by atoms with Crippen molar-refractivity contribution in [2.75, 3.05) is 24.7 Å². The molecule has 0 radical (unpaired) electrons. The summed E-state index contributed by atoms with van der Waals surface area (Å²) in [6, 6.07) is -0.368. The average Bonchev–Trinajstić information content (AvgIpc) is 2.39. The van der Waals surface area contributed by atoms with Crippen LogP contribution >= 0.6 is 0 Å². The van der Waals surface area contributed by atoms with Crippen LogP contribution in [0.4, 0.5) is 11.6 Å². The van der Waals surface area contributed by atoms with Crippen LogP contribution in [0, 0.1) is 10.1 Å². The van der Waals surface area contributed by atoms with E-state index in [-0.39, 0.29) is 30.7 Å². The highest BCUT2D eigenvalue weighted by atomic mass is 16.6. The Morgan fingerprint density at radius 2 is 2.26 bits per heavy atom. The summed E-state index contributed by atoms with van der Waals surface area (Å²) >= 11 is 0. The van der Waals surface area contributed by atoms with E-state index in [9.17, 15) is 14.9 Å². The third-order valence-electron chi connectivity index (χ3n) is 2.73. The molecule has 1 aromatic heterocycles. The molecule has 1 unspecified atom stereocenters. The van der Waals surface area contributed by atoms with E-state index < -0.39 is 10.9 Å². The number of nitrogens with zero attached hydrogens (tertiary/aromatic N) is 4. The van der Waals surface area contributed by atoms with Crippen molar-refractivity contribution in [1.82, 2.24) is 9.97 Å². The lowest BCUT2D eigenvalue weighted by Crippen LogP contribution is -2.47. The van der Waals surface area contributed by atoms with Gasteiger partial charge in [0.15, 0.2) is 0 Å². The van der Waals surface area contributed by atoms with E-state index in [0.717, 1.165) is 12.4 Å². The van der Waals surface area contributed by atoms with Crippen LogP contribution in [0.15, 0.2) is 12.4 Å². The lowest BCUT2D eigenvalue weighted by atomic mass is 10.1. The van der Waals surface area contributed by atoms with Crippen LogP contribution in [0.2, 0.25) is 0 Å². The topological polar surface area (TPSA) is 119 Å². The van der Waals surface area contributed by atoms with Crippen molar-refractivity contribution in [3.8, 4) is 0 Å². The fraction of sp³-hybridized carbons (Fsp3) is 0.500. The lowest BCUT2D eigenvalue weighted by molar-refractivity contribution is -0.385. The van der Waals surface area contributed by atoms with Crippen LogP contribution in [0.5, 0.6) is 0 Å². The molecule has 1 fully saturated rings. The number of carboxylic acid groups (broad SMARTS) is 1. The van der Waals surface area contributed by atoms with Crippen molar-refractivity contribution in [1.29, 1.82) is 0 Å². The number of anilines is 1. The lowest BCUT2D eigenvalue weighted by Gasteiger charge is -2.34. The molecule has 19 heavy (non-hydrogen) atoms. The average molecular weight is 268 g/mol. The first kappa shape index (κ1) is 13.1. The number of carbonyl (C=O) groups is 1. The molecule has 2 rings (SSSR count). The van der Waals surface area contributed by atoms with Crippen LogP contribution in [-0.2, 0) is 9.53 Å². The maximum Gasteiger partial charge on any atom is 0.305 e. The number of rotatable bonds is 4. The van der Waals surface area contributed by atoms with Crippen molar-refractivity contribution < 1.29 is 19.6 Å². The third kappa shape index (κ3) is 3.13. The van der Waals surface area contributed by atoms with Gasteiger partial charge in [-0.25, -0.2) is 9.97 Å². The van der Waals surface area contributed by atoms with Crippen LogP contribution in [-0.4, -0.2) is 51.8 Å². The number of ether oxygens (including phenoxy) is 1. The fourth-order valence-corrected chi connectivity index (χ4v) is 1.85. The monoisotopic (exact) mass is 268 g/mol. The first-order valence-corrected chi connectivity index (χ1v) is 5.60. The van der Waals surface area contributed by atoms with Gasteiger partial charge in [-0.3, -0.25) is 14.9 Å². The Hall–Kier alpha value is -2.29. The van der Waals surface area contributed by atoms with Gasteiger partial charge in [-0.2, -0.15) is 0 Å². The molecule has 9 heteroatoms. The summed E-state index contributed by atoms with van der Waals surface area (Å²) in [5.41, 5.74) is -0.202. The Labute approximate surface area is 108 Å². The molecule has 1 aromatic rings. The first-order chi connectivity index (χ1) is 9.08. The second-order valence-electron chi connectivity index (χ2n) is 4.02. The summed E-state index contributed by atoms with van der Waals surface area (Å²) in [6.45, 7) is 1.17. The van der Waals surface area contributed by atoms with E-state index in [1.807, 2.05) is 0 Å². The van der Waals surface area contributed by atoms with Crippen LogP contribution in [0.3, 0.4) is 0 Å². The molecule has 1 N–H and O–H groups in total. The van der Waals surface area contributed by atoms with Crippen molar-refractivity contribution >= 4 is 17.6 Å². The summed E-state index contributed by atoms with van der Waals surface area (Å²) in [5.74, 6) is -0.664. The largest absolute Gasteiger partial charge is 0.481 e. The van der Waals surface area contributed by atoms with E-state index in [1.54, 1.807) is 4.90 Å². The number of hydrogen-bond donors (Lipinski definition) is 1. The highest BCUT2D eigenvalue weighted by molar-refractivity contribution is 5.68. The van der Waals surface area contributed by atoms with Crippen molar-refractivity contribution in [2.45, 2.75) is 12.5 Å². The van der Waals surface area contributed by atoms with Crippen LogP contribution < -0.4 is 4.90 Å². The first-order valence-electron chi connectivity index (χ1n) is 5.60. The van der Waals surface area contributed by atoms with Gasteiger partial charge in [0, 0.05) is 6.54 Å². The Bertz CT molecular complexity index is 477. The van der Waals surface area contributed by atoms with Gasteiger partial charge in [-0.05, 0) is 0 Å². The van der Waals surface area contributed by atoms with Crippen molar-refractivity contribution in [3.05, 3.63) is 22.5 Å². The van der Waals surface area contributed by atoms with Gasteiger partial charge in [-0.15, -0.1) is 0 Å². The Balaban J connectivity index is 2.17. The van der Waals surface area contributed by atoms with Gasteiger partial charge < -0.3 is 14.7 Å². The highest BCUT2D eigenvalue weighted by Gasteiger charge is 2.27. The minimum Gasteiger partial charge on any atom is -0.481 e. The van der Waals surface area contributed by atoms with E-state index >= 15 is 0 Å². The molecule has 1 atom stereocenters. The van der Waals surface area contributed by atoms with E-state index in [1.165, 1.54) is 0 Å². The second-order valence-corrected chi connectivity index (χ2v) is 4.02. The fourth-order valence-electron chi connectivity index (χ4n) is 1.85. The quantitative estimate of drug-likeness (QED) is 0.601. The Morgan fingerprint density at radius 1 is 1.58 bits per heavy atom. The number of aromatic nitrogens is 2. The minimum atomic E-state index is -0.942. The summed E-state index contributed by atoms with van der Waals surface area (Å²) in [5, 5.41) is 19.3. The molecule has 2 heterocycles.